The lowest BCUT2D eigenvalue weighted by Crippen LogP contribution is -2.07. The van der Waals surface area contributed by atoms with Crippen LogP contribution in [-0.2, 0) is 4.74 Å². The summed E-state index contributed by atoms with van der Waals surface area (Å²) in [6, 6.07) is 1.35. The summed E-state index contributed by atoms with van der Waals surface area (Å²) in [6.07, 6.45) is 0. The Hall–Kier alpha value is -1.13. The van der Waals surface area contributed by atoms with Crippen molar-refractivity contribution in [1.29, 1.82) is 0 Å². The molecule has 0 radical (unpaired) electrons. The summed E-state index contributed by atoms with van der Waals surface area (Å²) < 4.78 is 9.45. The van der Waals surface area contributed by atoms with E-state index in [-0.39, 0.29) is 27.0 Å². The Labute approximate surface area is 96.9 Å². The zero-order valence-electron chi connectivity index (χ0n) is 8.14. The summed E-state index contributed by atoms with van der Waals surface area (Å²) in [5.41, 5.74) is 5.84. The molecule has 82 valence electrons. The van der Waals surface area contributed by atoms with Crippen molar-refractivity contribution in [2.45, 2.75) is 0 Å². The van der Waals surface area contributed by atoms with Crippen LogP contribution in [0.25, 0.3) is 0 Å². The molecule has 1 aromatic rings. The summed E-state index contributed by atoms with van der Waals surface area (Å²) in [5.74, 6) is -0.359. The van der Waals surface area contributed by atoms with E-state index in [1.807, 2.05) is 0 Å². The van der Waals surface area contributed by atoms with Gasteiger partial charge in [-0.25, -0.2) is 4.79 Å². The van der Waals surface area contributed by atoms with Gasteiger partial charge in [-0.05, 0) is 6.07 Å². The van der Waals surface area contributed by atoms with Crippen LogP contribution in [0.2, 0.25) is 10.0 Å². The zero-order valence-corrected chi connectivity index (χ0v) is 9.65. The van der Waals surface area contributed by atoms with Crippen LogP contribution >= 0.6 is 23.2 Å². The van der Waals surface area contributed by atoms with Crippen LogP contribution in [0.3, 0.4) is 0 Å². The van der Waals surface area contributed by atoms with Gasteiger partial charge in [0.05, 0.1) is 30.5 Å². The molecule has 0 aliphatic carbocycles. The van der Waals surface area contributed by atoms with Crippen molar-refractivity contribution in [3.05, 3.63) is 21.7 Å². The van der Waals surface area contributed by atoms with Gasteiger partial charge < -0.3 is 15.2 Å². The number of hydrogen-bond acceptors (Lipinski definition) is 4. The number of anilines is 1. The maximum Gasteiger partial charge on any atom is 0.340 e. The van der Waals surface area contributed by atoms with Crippen molar-refractivity contribution in [1.82, 2.24) is 0 Å². The summed E-state index contributed by atoms with van der Waals surface area (Å²) in [7, 11) is 2.65. The number of carbonyl (C=O) groups is 1. The van der Waals surface area contributed by atoms with E-state index in [2.05, 4.69) is 4.74 Å². The fourth-order valence-electron chi connectivity index (χ4n) is 1.08. The Morgan fingerprint density at radius 1 is 1.40 bits per heavy atom. The average Bonchev–Trinajstić information content (AvgIpc) is 2.23. The smallest absolute Gasteiger partial charge is 0.340 e. The van der Waals surface area contributed by atoms with Crippen LogP contribution in [-0.4, -0.2) is 20.2 Å². The number of carbonyl (C=O) groups excluding carboxylic acids is 1. The van der Waals surface area contributed by atoms with Crippen LogP contribution in [0.4, 0.5) is 5.69 Å². The van der Waals surface area contributed by atoms with Crippen LogP contribution in [0.5, 0.6) is 5.75 Å². The lowest BCUT2D eigenvalue weighted by atomic mass is 10.1. The molecule has 0 unspecified atom stereocenters. The Balaban J connectivity index is 3.40. The minimum atomic E-state index is -0.598. The molecule has 0 atom stereocenters. The number of benzene rings is 1. The molecule has 0 heterocycles. The van der Waals surface area contributed by atoms with E-state index in [0.717, 1.165) is 0 Å². The van der Waals surface area contributed by atoms with Gasteiger partial charge in [0, 0.05) is 0 Å². The third-order valence-corrected chi connectivity index (χ3v) is 2.48. The van der Waals surface area contributed by atoms with Crippen molar-refractivity contribution in [3.8, 4) is 5.75 Å². The van der Waals surface area contributed by atoms with Gasteiger partial charge in [-0.1, -0.05) is 23.2 Å². The first-order valence-electron chi connectivity index (χ1n) is 3.92. The number of rotatable bonds is 2. The number of hydrogen-bond donors (Lipinski definition) is 1. The van der Waals surface area contributed by atoms with E-state index in [1.165, 1.54) is 20.3 Å². The van der Waals surface area contributed by atoms with Gasteiger partial charge in [0.15, 0.2) is 5.75 Å². The molecule has 0 saturated heterocycles. The molecule has 0 aromatic heterocycles. The molecule has 2 N–H and O–H groups in total. The second-order valence-corrected chi connectivity index (χ2v) is 3.44. The first kappa shape index (κ1) is 11.9. The van der Waals surface area contributed by atoms with Crippen molar-refractivity contribution in [3.63, 3.8) is 0 Å². The van der Waals surface area contributed by atoms with Crippen molar-refractivity contribution < 1.29 is 14.3 Å². The molecule has 0 amide bonds. The molecule has 1 aromatic carbocycles. The zero-order chi connectivity index (χ0) is 11.6. The van der Waals surface area contributed by atoms with E-state index in [4.69, 9.17) is 33.7 Å². The fraction of sp³-hybridized carbons (Fsp3) is 0.222. The molecule has 0 aliphatic rings. The minimum Gasteiger partial charge on any atom is -0.494 e. The fourth-order valence-corrected chi connectivity index (χ4v) is 1.69. The highest BCUT2D eigenvalue weighted by Gasteiger charge is 2.19. The average molecular weight is 250 g/mol. The van der Waals surface area contributed by atoms with E-state index in [0.29, 0.717) is 0 Å². The Bertz CT molecular complexity index is 407. The van der Waals surface area contributed by atoms with Crippen LogP contribution in [0.15, 0.2) is 6.07 Å². The molecule has 0 spiro atoms. The number of nitrogen functional groups attached to an aromatic ring is 1. The van der Waals surface area contributed by atoms with Crippen molar-refractivity contribution >= 4 is 34.9 Å². The summed E-state index contributed by atoms with van der Waals surface area (Å²) >= 11 is 11.7. The monoisotopic (exact) mass is 249 g/mol. The lowest BCUT2D eigenvalue weighted by molar-refractivity contribution is 0.0602. The predicted molar refractivity (Wildman–Crippen MR) is 58.8 cm³/mol. The molecule has 1 rings (SSSR count). The summed E-state index contributed by atoms with van der Waals surface area (Å²) in [4.78, 5) is 11.3. The maximum atomic E-state index is 11.3. The van der Waals surface area contributed by atoms with Gasteiger partial charge in [0.25, 0.3) is 0 Å². The van der Waals surface area contributed by atoms with Crippen LogP contribution in [0.1, 0.15) is 10.4 Å². The molecule has 0 saturated carbocycles. The lowest BCUT2D eigenvalue weighted by Gasteiger charge is -2.11. The SMILES string of the molecule is COC(=O)c1cc(Cl)c(OC)c(Cl)c1N. The van der Waals surface area contributed by atoms with E-state index in [1.54, 1.807) is 0 Å². The molecule has 15 heavy (non-hydrogen) atoms. The van der Waals surface area contributed by atoms with E-state index >= 15 is 0 Å². The minimum absolute atomic E-state index is 0.0877. The first-order valence-corrected chi connectivity index (χ1v) is 4.68. The number of halogens is 2. The Morgan fingerprint density at radius 3 is 2.47 bits per heavy atom. The molecule has 0 fully saturated rings. The van der Waals surface area contributed by atoms with Gasteiger partial charge >= 0.3 is 5.97 Å². The predicted octanol–water partition coefficient (Wildman–Crippen LogP) is 2.37. The molecule has 0 aliphatic heterocycles. The number of nitrogens with two attached hydrogens (primary N) is 1. The Morgan fingerprint density at radius 2 is 2.00 bits per heavy atom. The summed E-state index contributed by atoms with van der Waals surface area (Å²) in [5, 5.41) is 0.308. The molecule has 6 heteroatoms. The quantitative estimate of drug-likeness (QED) is 0.646. The number of ether oxygens (including phenoxy) is 2. The second-order valence-electron chi connectivity index (χ2n) is 2.66. The van der Waals surface area contributed by atoms with Crippen LogP contribution in [0, 0.1) is 0 Å². The topological polar surface area (TPSA) is 61.5 Å². The number of methoxy groups -OCH3 is 2. The van der Waals surface area contributed by atoms with Gasteiger partial charge in [-0.2, -0.15) is 0 Å². The highest BCUT2D eigenvalue weighted by Crippen LogP contribution is 2.39. The molecule has 4 nitrogen and oxygen atoms in total. The molecular formula is C9H9Cl2NO3. The third-order valence-electron chi connectivity index (χ3n) is 1.82. The largest absolute Gasteiger partial charge is 0.494 e. The standard InChI is InChI=1S/C9H9Cl2NO3/c1-14-8-5(10)3-4(9(13)15-2)7(12)6(8)11/h3H,12H2,1-2H3. The van der Waals surface area contributed by atoms with E-state index in [9.17, 15) is 4.79 Å². The highest BCUT2D eigenvalue weighted by molar-refractivity contribution is 6.39. The molecular weight excluding hydrogens is 241 g/mol. The summed E-state index contributed by atoms with van der Waals surface area (Å²) in [6.45, 7) is 0. The molecule has 0 bridgehead atoms. The first-order chi connectivity index (χ1) is 7.02. The van der Waals surface area contributed by atoms with E-state index < -0.39 is 5.97 Å². The van der Waals surface area contributed by atoms with Gasteiger partial charge in [-0.3, -0.25) is 0 Å². The normalized spacial score (nSPS) is 9.87. The van der Waals surface area contributed by atoms with Gasteiger partial charge in [0.2, 0.25) is 0 Å². The van der Waals surface area contributed by atoms with Crippen molar-refractivity contribution in [2.75, 3.05) is 20.0 Å². The third kappa shape index (κ3) is 2.11. The maximum absolute atomic E-state index is 11.3. The second kappa shape index (κ2) is 4.59. The van der Waals surface area contributed by atoms with Crippen LogP contribution < -0.4 is 10.5 Å². The van der Waals surface area contributed by atoms with Crippen molar-refractivity contribution in [2.24, 2.45) is 0 Å². The Kier molecular flexibility index (Phi) is 3.66. The highest BCUT2D eigenvalue weighted by atomic mass is 35.5. The number of esters is 1. The van der Waals surface area contributed by atoms with Gasteiger partial charge in [-0.15, -0.1) is 0 Å². The van der Waals surface area contributed by atoms with Gasteiger partial charge in [0.1, 0.15) is 5.02 Å².